The highest BCUT2D eigenvalue weighted by molar-refractivity contribution is 5.85. The van der Waals surface area contributed by atoms with Crippen molar-refractivity contribution in [2.24, 2.45) is 5.73 Å². The Hall–Kier alpha value is -1.30. The molecule has 0 bridgehead atoms. The Bertz CT molecular complexity index is 413. The molecule has 0 aliphatic carbocycles. The molecule has 0 spiro atoms. The first-order valence-electron chi connectivity index (χ1n) is 6.44. The van der Waals surface area contributed by atoms with Crippen LogP contribution in [0.15, 0.2) is 24.3 Å². The van der Waals surface area contributed by atoms with Gasteiger partial charge < -0.3 is 20.9 Å². The van der Waals surface area contributed by atoms with Gasteiger partial charge in [0.25, 0.3) is 0 Å². The molecular formula is C14H23ClN2O3. The molecule has 1 amide bonds. The third-order valence-electron chi connectivity index (χ3n) is 2.48. The Morgan fingerprint density at radius 3 is 2.75 bits per heavy atom. The molecule has 0 heterocycles. The molecule has 0 radical (unpaired) electrons. The van der Waals surface area contributed by atoms with Crippen LogP contribution < -0.4 is 15.8 Å². The fourth-order valence-corrected chi connectivity index (χ4v) is 1.62. The molecule has 0 saturated carbocycles. The molecule has 1 unspecified atom stereocenters. The topological polar surface area (TPSA) is 84.6 Å². The van der Waals surface area contributed by atoms with E-state index in [4.69, 9.17) is 10.5 Å². The van der Waals surface area contributed by atoms with Crippen molar-refractivity contribution in [1.82, 2.24) is 5.32 Å². The van der Waals surface area contributed by atoms with Gasteiger partial charge in [-0.25, -0.2) is 0 Å². The maximum absolute atomic E-state index is 11.3. The molecule has 0 aliphatic heterocycles. The van der Waals surface area contributed by atoms with Crippen LogP contribution in [0.4, 0.5) is 0 Å². The molecular weight excluding hydrogens is 280 g/mol. The number of carbonyl (C=O) groups is 1. The molecule has 5 nitrogen and oxygen atoms in total. The lowest BCUT2D eigenvalue weighted by atomic mass is 10.1. The summed E-state index contributed by atoms with van der Waals surface area (Å²) in [7, 11) is 0. The van der Waals surface area contributed by atoms with Gasteiger partial charge in [-0.2, -0.15) is 0 Å². The molecule has 114 valence electrons. The summed E-state index contributed by atoms with van der Waals surface area (Å²) >= 11 is 0. The van der Waals surface area contributed by atoms with Crippen molar-refractivity contribution < 1.29 is 14.6 Å². The zero-order chi connectivity index (χ0) is 14.3. The molecule has 1 rings (SSSR count). The van der Waals surface area contributed by atoms with Gasteiger partial charge in [0, 0.05) is 19.5 Å². The lowest BCUT2D eigenvalue weighted by molar-refractivity contribution is -0.121. The minimum atomic E-state index is -0.752. The normalized spacial score (nSPS) is 11.7. The minimum Gasteiger partial charge on any atom is -0.491 e. The van der Waals surface area contributed by atoms with E-state index < -0.39 is 6.10 Å². The van der Waals surface area contributed by atoms with Crippen LogP contribution in [0.25, 0.3) is 0 Å². The van der Waals surface area contributed by atoms with E-state index in [0.29, 0.717) is 17.9 Å². The SMILES string of the molecule is CC(C)Oc1cccc(C(O)CNC(=O)CCN)c1.Cl. The number of halogens is 1. The van der Waals surface area contributed by atoms with Gasteiger partial charge in [0.05, 0.1) is 12.2 Å². The number of nitrogens with one attached hydrogen (secondary N) is 1. The molecule has 1 atom stereocenters. The van der Waals surface area contributed by atoms with E-state index in [1.165, 1.54) is 0 Å². The van der Waals surface area contributed by atoms with E-state index in [2.05, 4.69) is 5.32 Å². The Morgan fingerprint density at radius 1 is 1.45 bits per heavy atom. The number of amides is 1. The number of aliphatic hydroxyl groups is 1. The van der Waals surface area contributed by atoms with Crippen LogP contribution in [0.2, 0.25) is 0 Å². The Kier molecular flexibility index (Phi) is 8.96. The monoisotopic (exact) mass is 302 g/mol. The second-order valence-corrected chi connectivity index (χ2v) is 4.60. The zero-order valence-corrected chi connectivity index (χ0v) is 12.7. The van der Waals surface area contributed by atoms with Crippen molar-refractivity contribution in [3.05, 3.63) is 29.8 Å². The molecule has 6 heteroatoms. The smallest absolute Gasteiger partial charge is 0.221 e. The average molecular weight is 303 g/mol. The summed E-state index contributed by atoms with van der Waals surface area (Å²) in [5.74, 6) is 0.552. The van der Waals surface area contributed by atoms with Crippen molar-refractivity contribution in [3.63, 3.8) is 0 Å². The summed E-state index contributed by atoms with van der Waals surface area (Å²) in [5, 5.41) is 12.6. The third kappa shape index (κ3) is 6.75. The minimum absolute atomic E-state index is 0. The van der Waals surface area contributed by atoms with E-state index in [0.717, 1.165) is 0 Å². The van der Waals surface area contributed by atoms with Crippen LogP contribution in [0, 0.1) is 0 Å². The third-order valence-corrected chi connectivity index (χ3v) is 2.48. The quantitative estimate of drug-likeness (QED) is 0.711. The highest BCUT2D eigenvalue weighted by Crippen LogP contribution is 2.19. The summed E-state index contributed by atoms with van der Waals surface area (Å²) in [5.41, 5.74) is 5.99. The van der Waals surface area contributed by atoms with Gasteiger partial charge >= 0.3 is 0 Å². The molecule has 0 saturated heterocycles. The van der Waals surface area contributed by atoms with Crippen LogP contribution in [0.3, 0.4) is 0 Å². The maximum atomic E-state index is 11.3. The van der Waals surface area contributed by atoms with E-state index in [9.17, 15) is 9.90 Å². The van der Waals surface area contributed by atoms with Gasteiger partial charge in [0.2, 0.25) is 5.91 Å². The number of aliphatic hydroxyl groups excluding tert-OH is 1. The summed E-state index contributed by atoms with van der Waals surface area (Å²) < 4.78 is 5.55. The fraction of sp³-hybridized carbons (Fsp3) is 0.500. The largest absolute Gasteiger partial charge is 0.491 e. The summed E-state index contributed by atoms with van der Waals surface area (Å²) in [4.78, 5) is 11.3. The zero-order valence-electron chi connectivity index (χ0n) is 11.8. The van der Waals surface area contributed by atoms with Crippen LogP contribution in [-0.2, 0) is 4.79 Å². The number of rotatable bonds is 7. The lowest BCUT2D eigenvalue weighted by Crippen LogP contribution is -2.29. The highest BCUT2D eigenvalue weighted by atomic mass is 35.5. The fourth-order valence-electron chi connectivity index (χ4n) is 1.62. The number of hydrogen-bond acceptors (Lipinski definition) is 4. The summed E-state index contributed by atoms with van der Waals surface area (Å²) in [6.45, 7) is 4.36. The number of carbonyl (C=O) groups excluding carboxylic acids is 1. The standard InChI is InChI=1S/C14H22N2O3.ClH/c1-10(2)19-12-5-3-4-11(8-12)13(17)9-16-14(18)6-7-15;/h3-5,8,10,13,17H,6-7,9,15H2,1-2H3,(H,16,18);1H. The molecule has 20 heavy (non-hydrogen) atoms. The maximum Gasteiger partial charge on any atom is 0.221 e. The summed E-state index contributed by atoms with van der Waals surface area (Å²) in [6, 6.07) is 7.23. The predicted octanol–water partition coefficient (Wildman–Crippen LogP) is 1.39. The molecule has 4 N–H and O–H groups in total. The number of ether oxygens (including phenoxy) is 1. The van der Waals surface area contributed by atoms with Crippen molar-refractivity contribution in [2.75, 3.05) is 13.1 Å². The van der Waals surface area contributed by atoms with Crippen LogP contribution in [0.5, 0.6) is 5.75 Å². The first-order valence-corrected chi connectivity index (χ1v) is 6.44. The summed E-state index contributed by atoms with van der Waals surface area (Å²) in [6.07, 6.45) is -0.405. The van der Waals surface area contributed by atoms with Gasteiger partial charge in [0.15, 0.2) is 0 Å². The van der Waals surface area contributed by atoms with E-state index in [1.54, 1.807) is 12.1 Å². The first-order chi connectivity index (χ1) is 9.02. The molecule has 1 aromatic rings. The van der Waals surface area contributed by atoms with Crippen molar-refractivity contribution in [3.8, 4) is 5.75 Å². The molecule has 1 aromatic carbocycles. The van der Waals surface area contributed by atoms with Crippen LogP contribution >= 0.6 is 12.4 Å². The van der Waals surface area contributed by atoms with Crippen molar-refractivity contribution in [1.29, 1.82) is 0 Å². The first kappa shape index (κ1) is 18.7. The van der Waals surface area contributed by atoms with E-state index in [1.807, 2.05) is 26.0 Å². The van der Waals surface area contributed by atoms with E-state index >= 15 is 0 Å². The Morgan fingerprint density at radius 2 is 2.15 bits per heavy atom. The van der Waals surface area contributed by atoms with E-state index in [-0.39, 0.29) is 37.4 Å². The molecule has 0 aliphatic rings. The lowest BCUT2D eigenvalue weighted by Gasteiger charge is -2.15. The number of benzene rings is 1. The van der Waals surface area contributed by atoms with Gasteiger partial charge in [-0.3, -0.25) is 4.79 Å². The van der Waals surface area contributed by atoms with Gasteiger partial charge in [-0.15, -0.1) is 12.4 Å². The second-order valence-electron chi connectivity index (χ2n) is 4.60. The Labute approximate surface area is 125 Å². The average Bonchev–Trinajstić information content (AvgIpc) is 2.36. The van der Waals surface area contributed by atoms with Gasteiger partial charge in [-0.05, 0) is 31.5 Å². The van der Waals surface area contributed by atoms with Crippen molar-refractivity contribution in [2.45, 2.75) is 32.5 Å². The molecule has 0 aromatic heterocycles. The Balaban J connectivity index is 0.00000361. The highest BCUT2D eigenvalue weighted by Gasteiger charge is 2.10. The van der Waals surface area contributed by atoms with Gasteiger partial charge in [-0.1, -0.05) is 12.1 Å². The van der Waals surface area contributed by atoms with Gasteiger partial charge in [0.1, 0.15) is 5.75 Å². The van der Waals surface area contributed by atoms with Crippen LogP contribution in [-0.4, -0.2) is 30.2 Å². The van der Waals surface area contributed by atoms with Crippen molar-refractivity contribution >= 4 is 18.3 Å². The number of nitrogens with two attached hydrogens (primary N) is 1. The second kappa shape index (κ2) is 9.58. The van der Waals surface area contributed by atoms with Crippen LogP contribution in [0.1, 0.15) is 31.9 Å². The predicted molar refractivity (Wildman–Crippen MR) is 81.1 cm³/mol. The number of hydrogen-bond donors (Lipinski definition) is 3. The molecule has 0 fully saturated rings.